The summed E-state index contributed by atoms with van der Waals surface area (Å²) in [5, 5.41) is 152. The van der Waals surface area contributed by atoms with E-state index in [2.05, 4.69) is 40.7 Å². The van der Waals surface area contributed by atoms with E-state index in [1.807, 2.05) is 20.8 Å². The van der Waals surface area contributed by atoms with E-state index in [0.29, 0.717) is 38.5 Å². The Balaban J connectivity index is 1.05. The van der Waals surface area contributed by atoms with Crippen LogP contribution < -0.4 is 0 Å². The zero-order valence-corrected chi connectivity index (χ0v) is 45.6. The van der Waals surface area contributed by atoms with Crippen LogP contribution in [0.2, 0.25) is 0 Å². The van der Waals surface area contributed by atoms with E-state index < -0.39 is 171 Å². The third-order valence-corrected chi connectivity index (χ3v) is 20.9. The molecule has 0 radical (unpaired) electrons. The van der Waals surface area contributed by atoms with Gasteiger partial charge in [-0.05, 0) is 131 Å². The van der Waals surface area contributed by atoms with Crippen molar-refractivity contribution in [3.05, 3.63) is 11.6 Å². The molecule has 4 aliphatic carbocycles. The van der Waals surface area contributed by atoms with Gasteiger partial charge < -0.3 is 109 Å². The van der Waals surface area contributed by atoms with E-state index in [1.54, 1.807) is 0 Å². The molecule has 8 fully saturated rings. The molecule has 0 bridgehead atoms. The van der Waals surface area contributed by atoms with Crippen LogP contribution in [0.1, 0.15) is 120 Å². The van der Waals surface area contributed by atoms with Gasteiger partial charge in [0.2, 0.25) is 0 Å². The maximum absolute atomic E-state index is 12.9. The minimum absolute atomic E-state index is 0.0374. The normalized spacial score (nSPS) is 53.2. The lowest BCUT2D eigenvalue weighted by atomic mass is 9.35. The van der Waals surface area contributed by atoms with E-state index in [4.69, 9.17) is 37.9 Å². The van der Waals surface area contributed by atoms with Gasteiger partial charge in [0, 0.05) is 0 Å². The van der Waals surface area contributed by atoms with Gasteiger partial charge in [0.05, 0.1) is 43.7 Å². The SMILES string of the molecule is CC(C)=CCC[C@](C)(O[C@@H]1O[C@H](CO)[C@@H](O)[C@H](O)[C@H]1O[C@@H]1O[C@@H](C)[C@H](O)[C@@H](O)[C@H]1O)[C@H]1CC[C@]2(C)[C@@H]1[C@H](O)CC1[C@@]3(C)CC[C@H](O[C@@H]4O[C@H](CO)[C@@H](O)[C@H](O)[C@H]4O[C@@H]4O[C@H](CO)[C@@H](O)[C@H](O)[C@H]4O)C(C)(C)[C@@H]3CC[C@]12C. The summed E-state index contributed by atoms with van der Waals surface area (Å²) in [6, 6.07) is 0. The van der Waals surface area contributed by atoms with Crippen LogP contribution in [0.15, 0.2) is 11.6 Å². The number of aliphatic hydroxyl groups is 14. The van der Waals surface area contributed by atoms with E-state index >= 15 is 0 Å². The van der Waals surface area contributed by atoms with Gasteiger partial charge in [-0.1, -0.05) is 46.3 Å². The van der Waals surface area contributed by atoms with E-state index in [1.165, 1.54) is 6.92 Å². The summed E-state index contributed by atoms with van der Waals surface area (Å²) in [5.41, 5.74) is -1.60. The minimum Gasteiger partial charge on any atom is -0.394 e. The smallest absolute Gasteiger partial charge is 0.187 e. The summed E-state index contributed by atoms with van der Waals surface area (Å²) in [6.07, 6.45) is -24.2. The molecule has 440 valence electrons. The summed E-state index contributed by atoms with van der Waals surface area (Å²) >= 11 is 0. The molecule has 30 atom stereocenters. The Morgan fingerprint density at radius 3 is 1.62 bits per heavy atom. The topological polar surface area (TPSA) is 357 Å². The number of hydrogen-bond donors (Lipinski definition) is 14. The first-order valence-corrected chi connectivity index (χ1v) is 27.8. The Bertz CT molecular complexity index is 1980. The summed E-state index contributed by atoms with van der Waals surface area (Å²) in [6.45, 7) is 16.7. The molecule has 8 rings (SSSR count). The van der Waals surface area contributed by atoms with E-state index in [0.717, 1.165) is 24.8 Å². The van der Waals surface area contributed by atoms with Gasteiger partial charge in [0.1, 0.15) is 91.6 Å². The highest BCUT2D eigenvalue weighted by Crippen LogP contribution is 2.76. The Hall–Kier alpha value is -1.14. The number of hydrogen-bond acceptors (Lipinski definition) is 22. The Morgan fingerprint density at radius 2 is 1.05 bits per heavy atom. The fourth-order valence-corrected chi connectivity index (χ4v) is 16.3. The highest BCUT2D eigenvalue weighted by Gasteiger charge is 2.72. The first kappa shape index (κ1) is 60.9. The Morgan fingerprint density at radius 1 is 0.553 bits per heavy atom. The van der Waals surface area contributed by atoms with E-state index in [-0.39, 0.29) is 34.5 Å². The second-order valence-corrected chi connectivity index (χ2v) is 25.7. The fraction of sp³-hybridized carbons (Fsp3) is 0.963. The number of fused-ring (bicyclic) bond motifs is 5. The zero-order chi connectivity index (χ0) is 55.9. The molecule has 22 nitrogen and oxygen atoms in total. The molecule has 0 spiro atoms. The molecule has 0 aromatic rings. The molecular weight excluding hydrogens is 1000 g/mol. The number of allylic oxidation sites excluding steroid dienone is 2. The van der Waals surface area contributed by atoms with Crippen LogP contribution in [0, 0.1) is 45.3 Å². The lowest BCUT2D eigenvalue weighted by molar-refractivity contribution is -0.380. The highest BCUT2D eigenvalue weighted by atomic mass is 16.8. The van der Waals surface area contributed by atoms with Gasteiger partial charge in [-0.15, -0.1) is 0 Å². The average molecular weight is 1090 g/mol. The highest BCUT2D eigenvalue weighted by molar-refractivity contribution is 5.21. The fourth-order valence-electron chi connectivity index (χ4n) is 16.3. The van der Waals surface area contributed by atoms with Crippen molar-refractivity contribution >= 4 is 0 Å². The van der Waals surface area contributed by atoms with Gasteiger partial charge in [-0.25, -0.2) is 0 Å². The molecule has 0 aromatic carbocycles. The maximum atomic E-state index is 12.9. The first-order chi connectivity index (χ1) is 35.5. The van der Waals surface area contributed by atoms with Gasteiger partial charge >= 0.3 is 0 Å². The molecule has 4 aliphatic heterocycles. The molecule has 8 aliphatic rings. The lowest BCUT2D eigenvalue weighted by Crippen LogP contribution is -2.68. The van der Waals surface area contributed by atoms with Crippen molar-refractivity contribution in [1.82, 2.24) is 0 Å². The van der Waals surface area contributed by atoms with E-state index in [9.17, 15) is 71.5 Å². The van der Waals surface area contributed by atoms with Crippen LogP contribution in [0.3, 0.4) is 0 Å². The second kappa shape index (κ2) is 22.9. The maximum Gasteiger partial charge on any atom is 0.187 e. The van der Waals surface area contributed by atoms with Gasteiger partial charge in [0.15, 0.2) is 25.2 Å². The first-order valence-electron chi connectivity index (χ1n) is 27.8. The third kappa shape index (κ3) is 10.4. The molecule has 1 unspecified atom stereocenters. The third-order valence-electron chi connectivity index (χ3n) is 20.9. The molecule has 4 saturated carbocycles. The number of rotatable bonds is 15. The van der Waals surface area contributed by atoms with Crippen molar-refractivity contribution in [3.8, 4) is 0 Å². The molecular formula is C54H92O22. The quantitative estimate of drug-likeness (QED) is 0.0678. The zero-order valence-electron chi connectivity index (χ0n) is 45.6. The number of ether oxygens (including phenoxy) is 8. The van der Waals surface area contributed by atoms with Crippen LogP contribution in [0.4, 0.5) is 0 Å². The second-order valence-electron chi connectivity index (χ2n) is 25.7. The van der Waals surface area contributed by atoms with Crippen LogP contribution in [0.5, 0.6) is 0 Å². The molecule has 0 aromatic heterocycles. The Kier molecular flexibility index (Phi) is 18.4. The minimum atomic E-state index is -1.82. The van der Waals surface area contributed by atoms with Gasteiger partial charge in [-0.3, -0.25) is 0 Å². The van der Waals surface area contributed by atoms with Crippen molar-refractivity contribution in [2.75, 3.05) is 19.8 Å². The van der Waals surface area contributed by atoms with Crippen LogP contribution in [0.25, 0.3) is 0 Å². The standard InChI is InChI=1S/C54H92O22/c1-23(2)11-10-15-54(9,76-49-45(41(66)37(62)29(22-57)72-49)75-46-42(67)38(63)34(59)24(3)69-46)25-12-17-53(8)33(25)26(58)19-31-51(6)16-14-32(50(4,5)30(51)13-18-52(31,53)7)73-48-44(40(65)36(61)28(21-56)71-48)74-47-43(68)39(64)35(60)27(20-55)70-47/h11,24-49,55-68H,10,12-22H2,1-9H3/t24-,25-,26+,27+,28+,29+,30-,31?,32-,33-,34-,35+,36+,37+,38+,39-,40-,41-,42+,43+,44+,45+,46-,47-,48-,49-,51-,52+,53+,54-/m0/s1. The van der Waals surface area contributed by atoms with Gasteiger partial charge in [-0.2, -0.15) is 0 Å². The molecule has 4 heterocycles. The molecule has 0 amide bonds. The Labute approximate surface area is 445 Å². The molecule has 76 heavy (non-hydrogen) atoms. The number of aliphatic hydroxyl groups excluding tert-OH is 14. The largest absolute Gasteiger partial charge is 0.394 e. The van der Waals surface area contributed by atoms with Crippen LogP contribution in [-0.4, -0.2) is 232 Å². The molecule has 22 heteroatoms. The van der Waals surface area contributed by atoms with Crippen molar-refractivity contribution in [1.29, 1.82) is 0 Å². The predicted molar refractivity (Wildman–Crippen MR) is 265 cm³/mol. The van der Waals surface area contributed by atoms with Crippen LogP contribution in [-0.2, 0) is 37.9 Å². The monoisotopic (exact) mass is 1090 g/mol. The summed E-state index contributed by atoms with van der Waals surface area (Å²) in [5.74, 6) is -0.481. The van der Waals surface area contributed by atoms with Crippen molar-refractivity contribution in [3.63, 3.8) is 0 Å². The molecule has 14 N–H and O–H groups in total. The summed E-state index contributed by atoms with van der Waals surface area (Å²) in [4.78, 5) is 0. The molecule has 4 saturated heterocycles. The summed E-state index contributed by atoms with van der Waals surface area (Å²) < 4.78 is 49.9. The summed E-state index contributed by atoms with van der Waals surface area (Å²) in [7, 11) is 0. The average Bonchev–Trinajstić information content (AvgIpc) is 3.76. The predicted octanol–water partition coefficient (Wildman–Crippen LogP) is -1.17. The lowest BCUT2D eigenvalue weighted by Gasteiger charge is -2.71. The van der Waals surface area contributed by atoms with Crippen molar-refractivity contribution < 1.29 is 109 Å². The van der Waals surface area contributed by atoms with Crippen LogP contribution >= 0.6 is 0 Å². The van der Waals surface area contributed by atoms with Crippen molar-refractivity contribution in [2.45, 2.75) is 261 Å². The van der Waals surface area contributed by atoms with Gasteiger partial charge in [0.25, 0.3) is 0 Å². The van der Waals surface area contributed by atoms with Crippen molar-refractivity contribution in [2.24, 2.45) is 45.3 Å².